The molecular weight excluding hydrogens is 322 g/mol. The Bertz CT molecular complexity index is 964. The Morgan fingerprint density at radius 1 is 1.15 bits per heavy atom. The van der Waals surface area contributed by atoms with Crippen molar-refractivity contribution in [3.05, 3.63) is 71.2 Å². The molecule has 0 radical (unpaired) electrons. The van der Waals surface area contributed by atoms with Crippen LogP contribution in [-0.2, 0) is 0 Å². The highest BCUT2D eigenvalue weighted by Crippen LogP contribution is 2.44. The standard InChI is InChI=1S/C22H23N3O/c1-14-7-6-8-17-18(13-15(2)24-20(14)17)22(26)25(3)21(16-10-11-16)19-9-4-5-12-23-19/h4-9,12-13,16,21H,10-11H2,1-3H3. The van der Waals surface area contributed by atoms with Crippen LogP contribution in [0.1, 0.15) is 46.2 Å². The van der Waals surface area contributed by atoms with Crippen molar-refractivity contribution in [3.8, 4) is 0 Å². The molecule has 0 aliphatic heterocycles. The molecule has 2 aromatic heterocycles. The van der Waals surface area contributed by atoms with Gasteiger partial charge in [-0.05, 0) is 56.4 Å². The molecule has 1 aliphatic carbocycles. The molecule has 1 atom stereocenters. The SMILES string of the molecule is Cc1cc(C(=O)N(C)C(c2ccccn2)C2CC2)c2cccc(C)c2n1. The molecule has 1 amide bonds. The Hall–Kier alpha value is -2.75. The van der Waals surface area contributed by atoms with E-state index >= 15 is 0 Å². The van der Waals surface area contributed by atoms with Crippen molar-refractivity contribution >= 4 is 16.8 Å². The lowest BCUT2D eigenvalue weighted by Crippen LogP contribution is -2.33. The molecule has 26 heavy (non-hydrogen) atoms. The van der Waals surface area contributed by atoms with Crippen LogP contribution in [-0.4, -0.2) is 27.8 Å². The van der Waals surface area contributed by atoms with Crippen LogP contribution in [0.4, 0.5) is 0 Å². The molecule has 1 aromatic carbocycles. The molecule has 1 aliphatic rings. The van der Waals surface area contributed by atoms with Crippen LogP contribution in [0, 0.1) is 19.8 Å². The quantitative estimate of drug-likeness (QED) is 0.701. The number of aromatic nitrogens is 2. The van der Waals surface area contributed by atoms with E-state index in [0.29, 0.717) is 5.92 Å². The molecule has 0 bridgehead atoms. The number of benzene rings is 1. The Morgan fingerprint density at radius 2 is 1.96 bits per heavy atom. The molecule has 0 saturated heterocycles. The number of aryl methyl sites for hydroxylation is 2. The Balaban J connectivity index is 1.77. The summed E-state index contributed by atoms with van der Waals surface area (Å²) in [6, 6.07) is 13.9. The maximum atomic E-state index is 13.4. The van der Waals surface area contributed by atoms with E-state index in [9.17, 15) is 4.79 Å². The largest absolute Gasteiger partial charge is 0.333 e. The number of carbonyl (C=O) groups is 1. The van der Waals surface area contributed by atoms with Gasteiger partial charge in [0.05, 0.1) is 22.8 Å². The van der Waals surface area contributed by atoms with Gasteiger partial charge in [-0.1, -0.05) is 24.3 Å². The average Bonchev–Trinajstić information content (AvgIpc) is 3.47. The van der Waals surface area contributed by atoms with Crippen molar-refractivity contribution in [2.24, 2.45) is 5.92 Å². The van der Waals surface area contributed by atoms with E-state index in [4.69, 9.17) is 0 Å². The van der Waals surface area contributed by atoms with Crippen LogP contribution >= 0.6 is 0 Å². The summed E-state index contributed by atoms with van der Waals surface area (Å²) in [4.78, 5) is 24.5. The van der Waals surface area contributed by atoms with Crippen LogP contribution in [0.25, 0.3) is 10.9 Å². The zero-order chi connectivity index (χ0) is 18.3. The summed E-state index contributed by atoms with van der Waals surface area (Å²) in [7, 11) is 1.90. The second kappa shape index (κ2) is 6.52. The number of fused-ring (bicyclic) bond motifs is 1. The zero-order valence-corrected chi connectivity index (χ0v) is 15.4. The van der Waals surface area contributed by atoms with Gasteiger partial charge in [-0.15, -0.1) is 0 Å². The number of pyridine rings is 2. The monoisotopic (exact) mass is 345 g/mol. The molecule has 4 rings (SSSR count). The van der Waals surface area contributed by atoms with Crippen LogP contribution in [0.3, 0.4) is 0 Å². The van der Waals surface area contributed by atoms with Gasteiger partial charge in [0.1, 0.15) is 0 Å². The highest BCUT2D eigenvalue weighted by atomic mass is 16.2. The normalized spacial score (nSPS) is 15.0. The summed E-state index contributed by atoms with van der Waals surface area (Å²) >= 11 is 0. The van der Waals surface area contributed by atoms with Gasteiger partial charge in [-0.3, -0.25) is 14.8 Å². The van der Waals surface area contributed by atoms with Crippen LogP contribution < -0.4 is 0 Å². The number of para-hydroxylation sites is 1. The summed E-state index contributed by atoms with van der Waals surface area (Å²) in [5.41, 5.74) is 4.55. The van der Waals surface area contributed by atoms with Gasteiger partial charge in [-0.25, -0.2) is 0 Å². The molecular formula is C22H23N3O. The van der Waals surface area contributed by atoms with Crippen molar-refractivity contribution in [1.29, 1.82) is 0 Å². The van der Waals surface area contributed by atoms with Crippen molar-refractivity contribution in [2.45, 2.75) is 32.7 Å². The lowest BCUT2D eigenvalue weighted by molar-refractivity contribution is 0.0709. The Kier molecular flexibility index (Phi) is 4.19. The van der Waals surface area contributed by atoms with E-state index in [2.05, 4.69) is 9.97 Å². The second-order valence-electron chi connectivity index (χ2n) is 7.24. The first kappa shape index (κ1) is 16.7. The van der Waals surface area contributed by atoms with Gasteiger partial charge in [-0.2, -0.15) is 0 Å². The summed E-state index contributed by atoms with van der Waals surface area (Å²) in [5.74, 6) is 0.531. The number of hydrogen-bond donors (Lipinski definition) is 0. The average molecular weight is 345 g/mol. The Labute approximate surface area is 153 Å². The minimum absolute atomic E-state index is 0.0250. The van der Waals surface area contributed by atoms with E-state index in [1.807, 2.05) is 68.3 Å². The van der Waals surface area contributed by atoms with E-state index in [0.717, 1.165) is 46.3 Å². The molecule has 0 spiro atoms. The molecule has 1 unspecified atom stereocenters. The predicted molar refractivity (Wildman–Crippen MR) is 103 cm³/mol. The molecule has 0 N–H and O–H groups in total. The van der Waals surface area contributed by atoms with Gasteiger partial charge >= 0.3 is 0 Å². The molecule has 1 saturated carbocycles. The van der Waals surface area contributed by atoms with E-state index in [1.165, 1.54) is 0 Å². The molecule has 4 nitrogen and oxygen atoms in total. The minimum atomic E-state index is 0.0250. The summed E-state index contributed by atoms with van der Waals surface area (Å²) in [6.45, 7) is 3.98. The molecule has 2 heterocycles. The first-order chi connectivity index (χ1) is 12.6. The summed E-state index contributed by atoms with van der Waals surface area (Å²) in [5, 5.41) is 0.919. The van der Waals surface area contributed by atoms with Crippen LogP contribution in [0.2, 0.25) is 0 Å². The van der Waals surface area contributed by atoms with Crippen molar-refractivity contribution in [3.63, 3.8) is 0 Å². The van der Waals surface area contributed by atoms with E-state index in [-0.39, 0.29) is 11.9 Å². The second-order valence-corrected chi connectivity index (χ2v) is 7.24. The lowest BCUT2D eigenvalue weighted by Gasteiger charge is -2.28. The highest BCUT2D eigenvalue weighted by molar-refractivity contribution is 6.06. The first-order valence-corrected chi connectivity index (χ1v) is 9.11. The first-order valence-electron chi connectivity index (χ1n) is 9.11. The third-order valence-electron chi connectivity index (χ3n) is 5.20. The molecule has 3 aromatic rings. The molecule has 4 heteroatoms. The fourth-order valence-corrected chi connectivity index (χ4v) is 3.73. The topological polar surface area (TPSA) is 46.1 Å². The van der Waals surface area contributed by atoms with Crippen molar-refractivity contribution in [2.75, 3.05) is 7.05 Å². The van der Waals surface area contributed by atoms with Crippen molar-refractivity contribution in [1.82, 2.24) is 14.9 Å². The summed E-state index contributed by atoms with van der Waals surface area (Å²) in [6.07, 6.45) is 4.10. The van der Waals surface area contributed by atoms with Gasteiger partial charge in [0.25, 0.3) is 5.91 Å². The van der Waals surface area contributed by atoms with E-state index < -0.39 is 0 Å². The zero-order valence-electron chi connectivity index (χ0n) is 15.4. The van der Waals surface area contributed by atoms with Gasteiger partial charge < -0.3 is 4.90 Å². The number of amides is 1. The number of nitrogens with zero attached hydrogens (tertiary/aromatic N) is 3. The lowest BCUT2D eigenvalue weighted by atomic mass is 10.0. The Morgan fingerprint density at radius 3 is 2.65 bits per heavy atom. The summed E-state index contributed by atoms with van der Waals surface area (Å²) < 4.78 is 0. The van der Waals surface area contributed by atoms with E-state index in [1.54, 1.807) is 6.20 Å². The number of hydrogen-bond acceptors (Lipinski definition) is 3. The third kappa shape index (κ3) is 2.96. The van der Waals surface area contributed by atoms with Gasteiger partial charge in [0.15, 0.2) is 0 Å². The number of rotatable bonds is 4. The molecule has 132 valence electrons. The fraction of sp³-hybridized carbons (Fsp3) is 0.318. The maximum absolute atomic E-state index is 13.4. The highest BCUT2D eigenvalue weighted by Gasteiger charge is 2.38. The van der Waals surface area contributed by atoms with Gasteiger partial charge in [0, 0.05) is 24.3 Å². The smallest absolute Gasteiger partial charge is 0.254 e. The minimum Gasteiger partial charge on any atom is -0.333 e. The number of carbonyl (C=O) groups excluding carboxylic acids is 1. The van der Waals surface area contributed by atoms with Crippen LogP contribution in [0.15, 0.2) is 48.7 Å². The van der Waals surface area contributed by atoms with Gasteiger partial charge in [0.2, 0.25) is 0 Å². The predicted octanol–water partition coefficient (Wildman–Crippen LogP) is 4.47. The van der Waals surface area contributed by atoms with Crippen molar-refractivity contribution < 1.29 is 4.79 Å². The van der Waals surface area contributed by atoms with Crippen LogP contribution in [0.5, 0.6) is 0 Å². The maximum Gasteiger partial charge on any atom is 0.254 e. The third-order valence-corrected chi connectivity index (χ3v) is 5.20. The molecule has 1 fully saturated rings. The fourth-order valence-electron chi connectivity index (χ4n) is 3.73.